The van der Waals surface area contributed by atoms with Crippen molar-refractivity contribution in [3.63, 3.8) is 0 Å². The molecule has 0 spiro atoms. The highest BCUT2D eigenvalue weighted by Gasteiger charge is 2.11. The lowest BCUT2D eigenvalue weighted by Gasteiger charge is -2.23. The summed E-state index contributed by atoms with van der Waals surface area (Å²) in [5.74, 6) is 0. The fourth-order valence-corrected chi connectivity index (χ4v) is 1.81. The first kappa shape index (κ1) is 11.5. The summed E-state index contributed by atoms with van der Waals surface area (Å²) in [5.41, 5.74) is 1.28. The fraction of sp³-hybridized carbons (Fsp3) is 0.583. The van der Waals surface area contributed by atoms with E-state index in [2.05, 4.69) is 15.6 Å². The number of aromatic nitrogens is 1. The topological polar surface area (TPSA) is 46.2 Å². The van der Waals surface area contributed by atoms with Crippen LogP contribution >= 0.6 is 0 Å². The van der Waals surface area contributed by atoms with Gasteiger partial charge < -0.3 is 15.4 Å². The van der Waals surface area contributed by atoms with E-state index in [0.29, 0.717) is 6.04 Å². The average Bonchev–Trinajstić information content (AvgIpc) is 2.37. The van der Waals surface area contributed by atoms with E-state index in [-0.39, 0.29) is 0 Å². The molecule has 2 heterocycles. The maximum Gasteiger partial charge on any atom is 0.0620 e. The molecule has 0 radical (unpaired) electrons. The molecule has 0 aliphatic carbocycles. The largest absolute Gasteiger partial charge is 0.379 e. The SMILES string of the molecule is c1cc(CNCCC2COCCN2)ccn1. The van der Waals surface area contributed by atoms with E-state index in [4.69, 9.17) is 4.74 Å². The normalized spacial score (nSPS) is 20.9. The van der Waals surface area contributed by atoms with Gasteiger partial charge in [-0.3, -0.25) is 4.98 Å². The molecular formula is C12H19N3O. The maximum absolute atomic E-state index is 5.40. The molecule has 1 aliphatic heterocycles. The number of pyridine rings is 1. The molecule has 4 nitrogen and oxygen atoms in total. The minimum atomic E-state index is 0.513. The van der Waals surface area contributed by atoms with E-state index in [1.165, 1.54) is 5.56 Å². The van der Waals surface area contributed by atoms with Crippen molar-refractivity contribution in [1.82, 2.24) is 15.6 Å². The van der Waals surface area contributed by atoms with Crippen LogP contribution in [0.5, 0.6) is 0 Å². The van der Waals surface area contributed by atoms with Gasteiger partial charge in [0.2, 0.25) is 0 Å². The number of rotatable bonds is 5. The smallest absolute Gasteiger partial charge is 0.0620 e. The molecule has 1 fully saturated rings. The number of morpholine rings is 1. The molecule has 1 aromatic heterocycles. The van der Waals surface area contributed by atoms with Crippen LogP contribution in [0.3, 0.4) is 0 Å². The molecule has 88 valence electrons. The number of nitrogens with one attached hydrogen (secondary N) is 2. The predicted molar refractivity (Wildman–Crippen MR) is 63.2 cm³/mol. The minimum Gasteiger partial charge on any atom is -0.379 e. The monoisotopic (exact) mass is 221 g/mol. The summed E-state index contributed by atoms with van der Waals surface area (Å²) < 4.78 is 5.40. The Balaban J connectivity index is 1.58. The summed E-state index contributed by atoms with van der Waals surface area (Å²) in [7, 11) is 0. The third-order valence-corrected chi connectivity index (χ3v) is 2.75. The highest BCUT2D eigenvalue weighted by Crippen LogP contribution is 1.98. The summed E-state index contributed by atoms with van der Waals surface area (Å²) in [6.45, 7) is 4.60. The first-order chi connectivity index (χ1) is 7.95. The molecule has 1 saturated heterocycles. The Hall–Kier alpha value is -0.970. The van der Waals surface area contributed by atoms with Crippen molar-refractivity contribution in [3.8, 4) is 0 Å². The van der Waals surface area contributed by atoms with Gasteiger partial charge in [0.05, 0.1) is 13.2 Å². The predicted octanol–water partition coefficient (Wildman–Crippen LogP) is 0.550. The summed E-state index contributed by atoms with van der Waals surface area (Å²) in [6, 6.07) is 4.59. The van der Waals surface area contributed by atoms with Crippen molar-refractivity contribution in [1.29, 1.82) is 0 Å². The van der Waals surface area contributed by atoms with E-state index < -0.39 is 0 Å². The molecule has 0 bridgehead atoms. The fourth-order valence-electron chi connectivity index (χ4n) is 1.81. The van der Waals surface area contributed by atoms with E-state index in [9.17, 15) is 0 Å². The molecule has 1 aromatic rings. The van der Waals surface area contributed by atoms with E-state index in [0.717, 1.165) is 39.3 Å². The van der Waals surface area contributed by atoms with Gasteiger partial charge in [0.1, 0.15) is 0 Å². The molecular weight excluding hydrogens is 202 g/mol. The number of nitrogens with zero attached hydrogens (tertiary/aromatic N) is 1. The Morgan fingerprint density at radius 1 is 1.44 bits per heavy atom. The van der Waals surface area contributed by atoms with Crippen LogP contribution in [-0.2, 0) is 11.3 Å². The standard InChI is InChI=1S/C12H19N3O/c1-4-13-5-2-11(1)9-14-6-3-12-10-16-8-7-15-12/h1-2,4-5,12,14-15H,3,6-10H2. The summed E-state index contributed by atoms with van der Waals surface area (Å²) >= 11 is 0. The van der Waals surface area contributed by atoms with E-state index >= 15 is 0 Å². The lowest BCUT2D eigenvalue weighted by atomic mass is 10.2. The summed E-state index contributed by atoms with van der Waals surface area (Å²) in [4.78, 5) is 3.99. The molecule has 0 saturated carbocycles. The Morgan fingerprint density at radius 2 is 2.31 bits per heavy atom. The Bertz CT molecular complexity index is 286. The van der Waals surface area contributed by atoms with Crippen LogP contribution in [0.1, 0.15) is 12.0 Å². The van der Waals surface area contributed by atoms with Crippen LogP contribution in [-0.4, -0.2) is 37.3 Å². The maximum atomic E-state index is 5.40. The molecule has 1 aliphatic rings. The van der Waals surface area contributed by atoms with Gasteiger partial charge in [-0.2, -0.15) is 0 Å². The van der Waals surface area contributed by atoms with Crippen molar-refractivity contribution in [2.75, 3.05) is 26.3 Å². The van der Waals surface area contributed by atoms with Crippen molar-refractivity contribution in [2.24, 2.45) is 0 Å². The first-order valence-electron chi connectivity index (χ1n) is 5.86. The third-order valence-electron chi connectivity index (χ3n) is 2.75. The van der Waals surface area contributed by atoms with Gasteiger partial charge >= 0.3 is 0 Å². The lowest BCUT2D eigenvalue weighted by Crippen LogP contribution is -2.42. The Labute approximate surface area is 96.4 Å². The van der Waals surface area contributed by atoms with E-state index in [1.807, 2.05) is 24.5 Å². The zero-order valence-electron chi connectivity index (χ0n) is 9.48. The number of ether oxygens (including phenoxy) is 1. The Morgan fingerprint density at radius 3 is 3.06 bits per heavy atom. The van der Waals surface area contributed by atoms with Gasteiger partial charge in [0, 0.05) is 31.5 Å². The highest BCUT2D eigenvalue weighted by atomic mass is 16.5. The molecule has 4 heteroatoms. The Kier molecular flexibility index (Phi) is 4.73. The minimum absolute atomic E-state index is 0.513. The van der Waals surface area contributed by atoms with E-state index in [1.54, 1.807) is 0 Å². The second-order valence-electron chi connectivity index (χ2n) is 4.05. The molecule has 2 N–H and O–H groups in total. The molecule has 0 amide bonds. The van der Waals surface area contributed by atoms with Gasteiger partial charge in [-0.15, -0.1) is 0 Å². The lowest BCUT2D eigenvalue weighted by molar-refractivity contribution is 0.0742. The van der Waals surface area contributed by atoms with Crippen LogP contribution in [0.2, 0.25) is 0 Å². The van der Waals surface area contributed by atoms with Crippen molar-refractivity contribution in [2.45, 2.75) is 19.0 Å². The van der Waals surface area contributed by atoms with Crippen LogP contribution < -0.4 is 10.6 Å². The average molecular weight is 221 g/mol. The summed E-state index contributed by atoms with van der Waals surface area (Å²) in [5, 5.41) is 6.87. The molecule has 1 unspecified atom stereocenters. The molecule has 1 atom stereocenters. The summed E-state index contributed by atoms with van der Waals surface area (Å²) in [6.07, 6.45) is 4.77. The van der Waals surface area contributed by atoms with Crippen LogP contribution in [0, 0.1) is 0 Å². The zero-order chi connectivity index (χ0) is 11.1. The molecule has 0 aromatic carbocycles. The second kappa shape index (κ2) is 6.58. The molecule has 2 rings (SSSR count). The number of hydrogen-bond donors (Lipinski definition) is 2. The second-order valence-corrected chi connectivity index (χ2v) is 4.05. The first-order valence-corrected chi connectivity index (χ1v) is 5.86. The van der Waals surface area contributed by atoms with Crippen LogP contribution in [0.4, 0.5) is 0 Å². The van der Waals surface area contributed by atoms with Gasteiger partial charge in [-0.1, -0.05) is 0 Å². The number of hydrogen-bond acceptors (Lipinski definition) is 4. The highest BCUT2D eigenvalue weighted by molar-refractivity contribution is 5.08. The quantitative estimate of drug-likeness (QED) is 0.713. The van der Waals surface area contributed by atoms with Gasteiger partial charge in [0.25, 0.3) is 0 Å². The third kappa shape index (κ3) is 3.89. The van der Waals surface area contributed by atoms with Crippen LogP contribution in [0.15, 0.2) is 24.5 Å². The van der Waals surface area contributed by atoms with Gasteiger partial charge in [-0.05, 0) is 30.7 Å². The van der Waals surface area contributed by atoms with Crippen molar-refractivity contribution < 1.29 is 4.74 Å². The van der Waals surface area contributed by atoms with Gasteiger partial charge in [-0.25, -0.2) is 0 Å². The zero-order valence-corrected chi connectivity index (χ0v) is 9.48. The van der Waals surface area contributed by atoms with Crippen molar-refractivity contribution >= 4 is 0 Å². The van der Waals surface area contributed by atoms with Gasteiger partial charge in [0.15, 0.2) is 0 Å². The van der Waals surface area contributed by atoms with Crippen LogP contribution in [0.25, 0.3) is 0 Å². The molecule has 16 heavy (non-hydrogen) atoms. The van der Waals surface area contributed by atoms with Crippen molar-refractivity contribution in [3.05, 3.63) is 30.1 Å².